The van der Waals surface area contributed by atoms with Crippen LogP contribution in [0.25, 0.3) is 11.0 Å². The molecular weight excluding hydrogens is 444 g/mol. The minimum atomic E-state index is -0.353. The van der Waals surface area contributed by atoms with Crippen LogP contribution >= 0.6 is 15.9 Å². The first-order valence-electron chi connectivity index (χ1n) is 9.43. The molecule has 6 nitrogen and oxygen atoms in total. The number of hydrogen-bond acceptors (Lipinski definition) is 5. The molecule has 0 aliphatic heterocycles. The van der Waals surface area contributed by atoms with Gasteiger partial charge in [-0.2, -0.15) is 0 Å². The molecule has 0 radical (unpaired) electrons. The maximum absolute atomic E-state index is 13.2. The van der Waals surface area contributed by atoms with Gasteiger partial charge in [0, 0.05) is 29.3 Å². The Morgan fingerprint density at radius 2 is 1.90 bits per heavy atom. The molecule has 30 heavy (non-hydrogen) atoms. The Morgan fingerprint density at radius 3 is 2.63 bits per heavy atom. The third kappa shape index (κ3) is 3.80. The van der Waals surface area contributed by atoms with E-state index in [1.807, 2.05) is 39.0 Å². The summed E-state index contributed by atoms with van der Waals surface area (Å²) >= 11 is 3.38. The normalized spacial score (nSPS) is 11.1. The lowest BCUT2D eigenvalue weighted by Gasteiger charge is -2.13. The second-order valence-corrected chi connectivity index (χ2v) is 8.04. The fourth-order valence-corrected chi connectivity index (χ4v) is 3.66. The lowest BCUT2D eigenvalue weighted by atomic mass is 10.0. The van der Waals surface area contributed by atoms with Gasteiger partial charge in [0.1, 0.15) is 10.3 Å². The van der Waals surface area contributed by atoms with E-state index in [9.17, 15) is 9.59 Å². The van der Waals surface area contributed by atoms with Crippen molar-refractivity contribution in [2.45, 2.75) is 27.3 Å². The molecule has 7 heteroatoms. The van der Waals surface area contributed by atoms with Gasteiger partial charge in [-0.15, -0.1) is 0 Å². The van der Waals surface area contributed by atoms with Crippen LogP contribution in [0.5, 0.6) is 0 Å². The molecule has 0 bridgehead atoms. The van der Waals surface area contributed by atoms with Crippen LogP contribution in [0.3, 0.4) is 0 Å². The molecule has 0 N–H and O–H groups in total. The number of hydrogen-bond donors (Lipinski definition) is 0. The number of aryl methyl sites for hydroxylation is 3. The third-order valence-electron chi connectivity index (χ3n) is 5.01. The van der Waals surface area contributed by atoms with E-state index >= 15 is 0 Å². The number of carbonyl (C=O) groups excluding carboxylic acids is 1. The number of nitrogens with zero attached hydrogens (tertiary/aromatic N) is 4. The smallest absolute Gasteiger partial charge is 0.202 e. The highest BCUT2D eigenvalue weighted by atomic mass is 79.9. The van der Waals surface area contributed by atoms with Crippen molar-refractivity contribution in [3.63, 3.8) is 0 Å². The van der Waals surface area contributed by atoms with E-state index < -0.39 is 0 Å². The van der Waals surface area contributed by atoms with Gasteiger partial charge in [0.2, 0.25) is 5.43 Å². The molecule has 0 amide bonds. The van der Waals surface area contributed by atoms with Crippen LogP contribution in [0.15, 0.2) is 58.2 Å². The molecule has 4 rings (SSSR count). The summed E-state index contributed by atoms with van der Waals surface area (Å²) in [6.07, 6.45) is 3.10. The third-order valence-corrected chi connectivity index (χ3v) is 5.45. The fraction of sp³-hybridized carbons (Fsp3) is 0.174. The van der Waals surface area contributed by atoms with Crippen molar-refractivity contribution in [3.05, 3.63) is 97.4 Å². The van der Waals surface area contributed by atoms with Crippen molar-refractivity contribution >= 4 is 32.7 Å². The minimum absolute atomic E-state index is 0.0909. The van der Waals surface area contributed by atoms with Gasteiger partial charge in [-0.3, -0.25) is 14.6 Å². The minimum Gasteiger partial charge on any atom is -0.326 e. The van der Waals surface area contributed by atoms with Crippen LogP contribution < -0.4 is 5.43 Å². The van der Waals surface area contributed by atoms with Gasteiger partial charge < -0.3 is 4.57 Å². The van der Waals surface area contributed by atoms with E-state index in [0.717, 1.165) is 22.6 Å². The topological polar surface area (TPSA) is 77.7 Å². The molecule has 0 saturated heterocycles. The van der Waals surface area contributed by atoms with Crippen LogP contribution in [0.1, 0.15) is 38.6 Å². The number of rotatable bonds is 4. The summed E-state index contributed by atoms with van der Waals surface area (Å²) in [5, 5.41) is 0.401. The van der Waals surface area contributed by atoms with Crippen LogP contribution in [0, 0.1) is 20.8 Å². The zero-order valence-corrected chi connectivity index (χ0v) is 18.4. The molecule has 0 saturated carbocycles. The molecule has 0 spiro atoms. The first kappa shape index (κ1) is 20.1. The average Bonchev–Trinajstić information content (AvgIpc) is 2.71. The van der Waals surface area contributed by atoms with E-state index in [1.54, 1.807) is 29.0 Å². The van der Waals surface area contributed by atoms with Crippen molar-refractivity contribution in [1.82, 2.24) is 19.5 Å². The van der Waals surface area contributed by atoms with Crippen molar-refractivity contribution < 1.29 is 4.79 Å². The molecule has 150 valence electrons. The number of carbonyl (C=O) groups is 1. The predicted molar refractivity (Wildman–Crippen MR) is 119 cm³/mol. The summed E-state index contributed by atoms with van der Waals surface area (Å²) in [6, 6.07) is 10.9. The van der Waals surface area contributed by atoms with Crippen molar-refractivity contribution in [3.8, 4) is 0 Å². The molecule has 0 unspecified atom stereocenters. The average molecular weight is 463 g/mol. The van der Waals surface area contributed by atoms with Crippen molar-refractivity contribution in [2.24, 2.45) is 0 Å². The maximum Gasteiger partial charge on any atom is 0.202 e. The molecule has 0 aliphatic rings. The van der Waals surface area contributed by atoms with Gasteiger partial charge in [0.15, 0.2) is 5.78 Å². The lowest BCUT2D eigenvalue weighted by Crippen LogP contribution is -2.21. The van der Waals surface area contributed by atoms with E-state index in [-0.39, 0.29) is 16.8 Å². The summed E-state index contributed by atoms with van der Waals surface area (Å²) in [5.41, 5.74) is 3.99. The Kier molecular flexibility index (Phi) is 5.30. The quantitative estimate of drug-likeness (QED) is 0.336. The molecule has 0 atom stereocenters. The van der Waals surface area contributed by atoms with Gasteiger partial charge in [-0.25, -0.2) is 9.97 Å². The largest absolute Gasteiger partial charge is 0.326 e. The molecular formula is C23H19BrN4O2. The first-order chi connectivity index (χ1) is 14.3. The van der Waals surface area contributed by atoms with Crippen molar-refractivity contribution in [1.29, 1.82) is 0 Å². The molecule has 4 aromatic rings. The number of halogens is 1. The van der Waals surface area contributed by atoms with Crippen molar-refractivity contribution in [2.75, 3.05) is 0 Å². The Labute approximate surface area is 181 Å². The van der Waals surface area contributed by atoms with Crippen LogP contribution in [0.4, 0.5) is 0 Å². The highest BCUT2D eigenvalue weighted by Crippen LogP contribution is 2.17. The standard InChI is InChI=1S/C23H19BrN4O2/c1-13-9-16(10-25-15(13)3)21(29)19-12-28(11-17-5-4-6-20(24)27-17)23-18(22(19)30)8-7-14(2)26-23/h4-10,12H,11H2,1-3H3. The SMILES string of the molecule is Cc1ccc2c(=O)c(C(=O)c3cnc(C)c(C)c3)cn(Cc3cccc(Br)n3)c2n1. The number of ketones is 1. The molecule has 4 heterocycles. The second-order valence-electron chi connectivity index (χ2n) is 7.23. The highest BCUT2D eigenvalue weighted by molar-refractivity contribution is 9.10. The van der Waals surface area contributed by atoms with E-state index in [2.05, 4.69) is 30.9 Å². The highest BCUT2D eigenvalue weighted by Gasteiger charge is 2.19. The van der Waals surface area contributed by atoms with Gasteiger partial charge in [0.25, 0.3) is 0 Å². The summed E-state index contributed by atoms with van der Waals surface area (Å²) < 4.78 is 2.52. The van der Waals surface area contributed by atoms with Gasteiger partial charge in [-0.05, 0) is 72.6 Å². The van der Waals surface area contributed by atoms with Gasteiger partial charge in [0.05, 0.1) is 23.2 Å². The van der Waals surface area contributed by atoms with Gasteiger partial charge in [-0.1, -0.05) is 6.07 Å². The van der Waals surface area contributed by atoms with E-state index in [4.69, 9.17) is 0 Å². The fourth-order valence-electron chi connectivity index (χ4n) is 3.28. The number of fused-ring (bicyclic) bond motifs is 1. The number of aromatic nitrogens is 4. The second kappa shape index (κ2) is 7.91. The zero-order chi connectivity index (χ0) is 21.4. The summed E-state index contributed by atoms with van der Waals surface area (Å²) in [7, 11) is 0. The summed E-state index contributed by atoms with van der Waals surface area (Å²) in [5.74, 6) is -0.353. The molecule has 0 aliphatic carbocycles. The van der Waals surface area contributed by atoms with Gasteiger partial charge >= 0.3 is 0 Å². The lowest BCUT2D eigenvalue weighted by molar-refractivity contribution is 0.103. The molecule has 4 aromatic heterocycles. The number of pyridine rings is 4. The van der Waals surface area contributed by atoms with Crippen LogP contribution in [-0.4, -0.2) is 25.3 Å². The summed E-state index contributed by atoms with van der Waals surface area (Å²) in [6.45, 7) is 6.01. The monoisotopic (exact) mass is 462 g/mol. The Hall–Kier alpha value is -3.19. The van der Waals surface area contributed by atoms with E-state index in [1.165, 1.54) is 6.20 Å². The Morgan fingerprint density at radius 1 is 1.10 bits per heavy atom. The van der Waals surface area contributed by atoms with E-state index in [0.29, 0.717) is 27.7 Å². The van der Waals surface area contributed by atoms with Crippen LogP contribution in [0.2, 0.25) is 0 Å². The summed E-state index contributed by atoms with van der Waals surface area (Å²) in [4.78, 5) is 39.6. The molecule has 0 aromatic carbocycles. The predicted octanol–water partition coefficient (Wildman–Crippen LogP) is 4.15. The Bertz CT molecular complexity index is 1360. The maximum atomic E-state index is 13.2. The molecule has 0 fully saturated rings. The zero-order valence-electron chi connectivity index (χ0n) is 16.8. The first-order valence-corrected chi connectivity index (χ1v) is 10.2. The van der Waals surface area contributed by atoms with Crippen LogP contribution in [-0.2, 0) is 6.54 Å². The Balaban J connectivity index is 1.91.